The minimum Gasteiger partial charge on any atom is -0.490 e. The van der Waals surface area contributed by atoms with Crippen molar-refractivity contribution in [3.8, 4) is 11.5 Å². The van der Waals surface area contributed by atoms with Crippen molar-refractivity contribution in [3.63, 3.8) is 0 Å². The first-order valence-corrected chi connectivity index (χ1v) is 10.3. The fourth-order valence-electron chi connectivity index (χ4n) is 2.37. The molecule has 2 aromatic carbocycles. The molecular formula is C20H24N2O5S. The summed E-state index contributed by atoms with van der Waals surface area (Å²) >= 11 is 0. The van der Waals surface area contributed by atoms with Gasteiger partial charge in [-0.25, -0.2) is 13.1 Å². The van der Waals surface area contributed by atoms with E-state index in [1.165, 1.54) is 30.3 Å². The SMILES string of the molecule is C=CCNS(=O)(=O)c1ccc(C(=O)Nc2ccc(OCC)c(OCC)c2)cc1. The van der Waals surface area contributed by atoms with Crippen molar-refractivity contribution in [2.24, 2.45) is 0 Å². The minimum atomic E-state index is -3.63. The van der Waals surface area contributed by atoms with Gasteiger partial charge in [-0.3, -0.25) is 4.79 Å². The monoisotopic (exact) mass is 404 g/mol. The Morgan fingerprint density at radius 1 is 1.04 bits per heavy atom. The van der Waals surface area contributed by atoms with Gasteiger partial charge in [0.25, 0.3) is 5.91 Å². The van der Waals surface area contributed by atoms with Gasteiger partial charge >= 0.3 is 0 Å². The third-order valence-electron chi connectivity index (χ3n) is 3.65. The number of anilines is 1. The van der Waals surface area contributed by atoms with Gasteiger partial charge in [-0.2, -0.15) is 0 Å². The van der Waals surface area contributed by atoms with Crippen LogP contribution in [-0.4, -0.2) is 34.1 Å². The zero-order chi connectivity index (χ0) is 20.6. The van der Waals surface area contributed by atoms with Crippen LogP contribution in [0.4, 0.5) is 5.69 Å². The van der Waals surface area contributed by atoms with Crippen LogP contribution < -0.4 is 19.5 Å². The highest BCUT2D eigenvalue weighted by molar-refractivity contribution is 7.89. The van der Waals surface area contributed by atoms with Crippen LogP contribution in [0.3, 0.4) is 0 Å². The molecule has 0 heterocycles. The van der Waals surface area contributed by atoms with E-state index in [4.69, 9.17) is 9.47 Å². The van der Waals surface area contributed by atoms with Crippen LogP contribution in [-0.2, 0) is 10.0 Å². The quantitative estimate of drug-likeness (QED) is 0.593. The van der Waals surface area contributed by atoms with E-state index in [-0.39, 0.29) is 17.3 Å². The number of ether oxygens (including phenoxy) is 2. The fraction of sp³-hybridized carbons (Fsp3) is 0.250. The number of amides is 1. The van der Waals surface area contributed by atoms with E-state index in [1.807, 2.05) is 13.8 Å². The van der Waals surface area contributed by atoms with E-state index in [2.05, 4.69) is 16.6 Å². The Labute approximate surface area is 165 Å². The number of sulfonamides is 1. The van der Waals surface area contributed by atoms with Crippen molar-refractivity contribution >= 4 is 21.6 Å². The molecule has 2 aromatic rings. The predicted octanol–water partition coefficient (Wildman–Crippen LogP) is 3.20. The first-order chi connectivity index (χ1) is 13.4. The highest BCUT2D eigenvalue weighted by Crippen LogP contribution is 2.30. The van der Waals surface area contributed by atoms with Gasteiger partial charge in [0, 0.05) is 23.9 Å². The second-order valence-corrected chi connectivity index (χ2v) is 7.41. The van der Waals surface area contributed by atoms with Crippen molar-refractivity contribution in [1.29, 1.82) is 0 Å². The zero-order valence-electron chi connectivity index (χ0n) is 15.9. The largest absolute Gasteiger partial charge is 0.490 e. The summed E-state index contributed by atoms with van der Waals surface area (Å²) in [5.41, 5.74) is 0.871. The predicted molar refractivity (Wildman–Crippen MR) is 109 cm³/mol. The molecular weight excluding hydrogens is 380 g/mol. The number of hydrogen-bond acceptors (Lipinski definition) is 5. The second kappa shape index (κ2) is 9.91. The van der Waals surface area contributed by atoms with Gasteiger partial charge in [0.15, 0.2) is 11.5 Å². The van der Waals surface area contributed by atoms with Crippen LogP contribution in [0, 0.1) is 0 Å². The molecule has 0 spiro atoms. The van der Waals surface area contributed by atoms with E-state index in [0.717, 1.165) is 0 Å². The molecule has 150 valence electrons. The van der Waals surface area contributed by atoms with Crippen LogP contribution in [0.2, 0.25) is 0 Å². The van der Waals surface area contributed by atoms with Crippen molar-refractivity contribution in [3.05, 3.63) is 60.7 Å². The average molecular weight is 404 g/mol. The summed E-state index contributed by atoms with van der Waals surface area (Å²) in [6.45, 7) is 8.31. The highest BCUT2D eigenvalue weighted by atomic mass is 32.2. The highest BCUT2D eigenvalue weighted by Gasteiger charge is 2.14. The van der Waals surface area contributed by atoms with Crippen LogP contribution in [0.15, 0.2) is 60.0 Å². The van der Waals surface area contributed by atoms with E-state index in [0.29, 0.717) is 36.0 Å². The molecule has 0 aliphatic rings. The molecule has 2 rings (SSSR count). The van der Waals surface area contributed by atoms with Gasteiger partial charge in [0.2, 0.25) is 10.0 Å². The second-order valence-electron chi connectivity index (χ2n) is 5.65. The Balaban J connectivity index is 2.14. The average Bonchev–Trinajstić information content (AvgIpc) is 2.69. The Hall–Kier alpha value is -2.84. The van der Waals surface area contributed by atoms with Gasteiger partial charge in [-0.15, -0.1) is 6.58 Å². The number of hydrogen-bond donors (Lipinski definition) is 2. The van der Waals surface area contributed by atoms with Crippen molar-refractivity contribution < 1.29 is 22.7 Å². The Morgan fingerprint density at radius 2 is 1.68 bits per heavy atom. The lowest BCUT2D eigenvalue weighted by Crippen LogP contribution is -2.23. The van der Waals surface area contributed by atoms with Gasteiger partial charge in [0.1, 0.15) is 0 Å². The van der Waals surface area contributed by atoms with Gasteiger partial charge < -0.3 is 14.8 Å². The topological polar surface area (TPSA) is 93.7 Å². The smallest absolute Gasteiger partial charge is 0.255 e. The summed E-state index contributed by atoms with van der Waals surface area (Å²) in [7, 11) is -3.63. The molecule has 7 nitrogen and oxygen atoms in total. The lowest BCUT2D eigenvalue weighted by molar-refractivity contribution is 0.102. The number of carbonyl (C=O) groups excluding carboxylic acids is 1. The first kappa shape index (κ1) is 21.5. The van der Waals surface area contributed by atoms with Crippen molar-refractivity contribution in [2.75, 3.05) is 25.1 Å². The summed E-state index contributed by atoms with van der Waals surface area (Å²) in [4.78, 5) is 12.5. The molecule has 0 bridgehead atoms. The fourth-order valence-corrected chi connectivity index (χ4v) is 3.37. The normalized spacial score (nSPS) is 10.9. The van der Waals surface area contributed by atoms with Crippen LogP contribution in [0.25, 0.3) is 0 Å². The van der Waals surface area contributed by atoms with E-state index < -0.39 is 10.0 Å². The maximum absolute atomic E-state index is 12.5. The zero-order valence-corrected chi connectivity index (χ0v) is 16.7. The van der Waals surface area contributed by atoms with Gasteiger partial charge in [-0.05, 0) is 50.2 Å². The first-order valence-electron chi connectivity index (χ1n) is 8.82. The third-order valence-corrected chi connectivity index (χ3v) is 5.09. The molecule has 28 heavy (non-hydrogen) atoms. The molecule has 8 heteroatoms. The van der Waals surface area contributed by atoms with E-state index in [9.17, 15) is 13.2 Å². The molecule has 0 aromatic heterocycles. The summed E-state index contributed by atoms with van der Waals surface area (Å²) in [5.74, 6) is 0.774. The summed E-state index contributed by atoms with van der Waals surface area (Å²) in [6, 6.07) is 10.8. The number of rotatable bonds is 10. The van der Waals surface area contributed by atoms with Gasteiger partial charge in [-0.1, -0.05) is 6.08 Å². The van der Waals surface area contributed by atoms with Crippen molar-refractivity contribution in [1.82, 2.24) is 4.72 Å². The summed E-state index contributed by atoms with van der Waals surface area (Å²) in [5, 5.41) is 2.77. The molecule has 0 unspecified atom stereocenters. The molecule has 2 N–H and O–H groups in total. The van der Waals surface area contributed by atoms with Crippen LogP contribution in [0.1, 0.15) is 24.2 Å². The Morgan fingerprint density at radius 3 is 2.29 bits per heavy atom. The molecule has 0 atom stereocenters. The molecule has 0 aliphatic heterocycles. The van der Waals surface area contributed by atoms with Crippen molar-refractivity contribution in [2.45, 2.75) is 18.7 Å². The summed E-state index contributed by atoms with van der Waals surface area (Å²) < 4.78 is 37.5. The van der Waals surface area contributed by atoms with E-state index in [1.54, 1.807) is 18.2 Å². The maximum Gasteiger partial charge on any atom is 0.255 e. The Bertz CT molecular complexity index is 924. The molecule has 1 amide bonds. The van der Waals surface area contributed by atoms with Gasteiger partial charge in [0.05, 0.1) is 18.1 Å². The molecule has 0 aliphatic carbocycles. The maximum atomic E-state index is 12.5. The molecule has 0 saturated heterocycles. The molecule has 0 saturated carbocycles. The lowest BCUT2D eigenvalue weighted by atomic mass is 10.2. The van der Waals surface area contributed by atoms with Crippen LogP contribution in [0.5, 0.6) is 11.5 Å². The van der Waals surface area contributed by atoms with E-state index >= 15 is 0 Å². The molecule has 0 fully saturated rings. The number of carbonyl (C=O) groups is 1. The standard InChI is InChI=1S/C20H24N2O5S/c1-4-13-21-28(24,25)17-10-7-15(8-11-17)20(23)22-16-9-12-18(26-5-2)19(14-16)27-6-3/h4,7-12,14,21H,1,5-6,13H2,2-3H3,(H,22,23). The number of nitrogens with one attached hydrogen (secondary N) is 2. The minimum absolute atomic E-state index is 0.0746. The Kier molecular flexibility index (Phi) is 7.60. The summed E-state index contributed by atoms with van der Waals surface area (Å²) in [6.07, 6.45) is 1.45. The number of benzene rings is 2. The lowest BCUT2D eigenvalue weighted by Gasteiger charge is -2.13. The molecule has 0 radical (unpaired) electrons. The third kappa shape index (κ3) is 5.58. The van der Waals surface area contributed by atoms with Crippen LogP contribution >= 0.6 is 0 Å².